The van der Waals surface area contributed by atoms with E-state index < -0.39 is 0 Å². The molecule has 6 nitrogen and oxygen atoms in total. The summed E-state index contributed by atoms with van der Waals surface area (Å²) in [6.45, 7) is 8.53. The van der Waals surface area contributed by atoms with Crippen molar-refractivity contribution in [2.45, 2.75) is 39.2 Å². The van der Waals surface area contributed by atoms with Crippen molar-refractivity contribution in [3.63, 3.8) is 0 Å². The van der Waals surface area contributed by atoms with E-state index >= 15 is 0 Å². The predicted octanol–water partition coefficient (Wildman–Crippen LogP) is 2.38. The second kappa shape index (κ2) is 9.16. The van der Waals surface area contributed by atoms with Crippen LogP contribution in [0.1, 0.15) is 38.2 Å². The smallest absolute Gasteiger partial charge is 0.225 e. The van der Waals surface area contributed by atoms with E-state index in [1.54, 1.807) is 0 Å². The van der Waals surface area contributed by atoms with Crippen LogP contribution in [0.25, 0.3) is 0 Å². The zero-order valence-electron chi connectivity index (χ0n) is 17.5. The van der Waals surface area contributed by atoms with Crippen molar-refractivity contribution in [2.24, 2.45) is 11.8 Å². The van der Waals surface area contributed by atoms with Crippen LogP contribution >= 0.6 is 0 Å². The number of piperazine rings is 1. The highest BCUT2D eigenvalue weighted by molar-refractivity contribution is 5.82. The lowest BCUT2D eigenvalue weighted by atomic mass is 9.94. The second-order valence-corrected chi connectivity index (χ2v) is 8.55. The summed E-state index contributed by atoms with van der Waals surface area (Å²) in [6, 6.07) is 8.30. The summed E-state index contributed by atoms with van der Waals surface area (Å²) in [6.07, 6.45) is 3.75. The molecule has 2 heterocycles. The summed E-state index contributed by atoms with van der Waals surface area (Å²) >= 11 is 0. The van der Waals surface area contributed by atoms with Gasteiger partial charge in [-0.15, -0.1) is 0 Å². The first-order valence-corrected chi connectivity index (χ1v) is 11.2. The van der Waals surface area contributed by atoms with Gasteiger partial charge in [-0.05, 0) is 50.3 Å². The summed E-state index contributed by atoms with van der Waals surface area (Å²) in [4.78, 5) is 31.6. The van der Waals surface area contributed by atoms with Crippen molar-refractivity contribution < 1.29 is 14.3 Å². The van der Waals surface area contributed by atoms with Gasteiger partial charge >= 0.3 is 0 Å². The quantitative estimate of drug-likeness (QED) is 0.737. The molecule has 0 bridgehead atoms. The molecule has 0 spiro atoms. The fourth-order valence-corrected chi connectivity index (χ4v) is 4.44. The maximum absolute atomic E-state index is 12.9. The molecule has 29 heavy (non-hydrogen) atoms. The molecule has 3 fully saturated rings. The van der Waals surface area contributed by atoms with Crippen LogP contribution in [0.2, 0.25) is 0 Å². The topological polar surface area (TPSA) is 53.1 Å². The number of benzene rings is 1. The van der Waals surface area contributed by atoms with Crippen LogP contribution in [-0.2, 0) is 16.1 Å². The first-order chi connectivity index (χ1) is 14.1. The maximum atomic E-state index is 12.9. The van der Waals surface area contributed by atoms with E-state index in [0.717, 1.165) is 77.2 Å². The van der Waals surface area contributed by atoms with E-state index in [0.29, 0.717) is 18.4 Å². The highest BCUT2D eigenvalue weighted by Gasteiger charge is 2.37. The monoisotopic (exact) mass is 399 g/mol. The molecule has 158 valence electrons. The van der Waals surface area contributed by atoms with Crippen LogP contribution in [-0.4, -0.2) is 72.4 Å². The van der Waals surface area contributed by atoms with Gasteiger partial charge in [0.15, 0.2) is 0 Å². The highest BCUT2D eigenvalue weighted by atomic mass is 16.5. The largest absolute Gasteiger partial charge is 0.494 e. The standard InChI is InChI=1S/C23H33N3O3/c1-2-29-21-7-3-18(4-8-21)17-24-13-15-26(16-14-24)23(28)20-9-11-25(12-10-20)22(27)19-5-6-19/h3-4,7-8,19-20H,2,5-6,9-17H2,1H3. The number of amides is 2. The molecular weight excluding hydrogens is 366 g/mol. The molecule has 0 radical (unpaired) electrons. The summed E-state index contributed by atoms with van der Waals surface area (Å²) < 4.78 is 5.50. The Kier molecular flexibility index (Phi) is 6.38. The van der Waals surface area contributed by atoms with E-state index in [1.165, 1.54) is 5.56 Å². The summed E-state index contributed by atoms with van der Waals surface area (Å²) in [5, 5.41) is 0. The van der Waals surface area contributed by atoms with E-state index in [4.69, 9.17) is 4.74 Å². The van der Waals surface area contributed by atoms with Crippen molar-refractivity contribution in [3.05, 3.63) is 29.8 Å². The van der Waals surface area contributed by atoms with E-state index in [-0.39, 0.29) is 11.8 Å². The zero-order valence-corrected chi connectivity index (χ0v) is 17.5. The first kappa shape index (κ1) is 20.2. The number of likely N-dealkylation sites (tertiary alicyclic amines) is 1. The number of rotatable bonds is 6. The highest BCUT2D eigenvalue weighted by Crippen LogP contribution is 2.32. The number of nitrogens with zero attached hydrogens (tertiary/aromatic N) is 3. The molecule has 3 aliphatic rings. The van der Waals surface area contributed by atoms with Gasteiger partial charge in [0, 0.05) is 57.6 Å². The maximum Gasteiger partial charge on any atom is 0.225 e. The fourth-order valence-electron chi connectivity index (χ4n) is 4.44. The third-order valence-corrected chi connectivity index (χ3v) is 6.41. The summed E-state index contributed by atoms with van der Waals surface area (Å²) in [5.74, 6) is 1.90. The molecule has 4 rings (SSSR count). The number of piperidine rings is 1. The molecule has 2 amide bonds. The van der Waals surface area contributed by atoms with Crippen LogP contribution in [0.15, 0.2) is 24.3 Å². The number of hydrogen-bond donors (Lipinski definition) is 0. The van der Waals surface area contributed by atoms with Gasteiger partial charge < -0.3 is 14.5 Å². The molecular formula is C23H33N3O3. The van der Waals surface area contributed by atoms with Gasteiger partial charge in [-0.25, -0.2) is 0 Å². The van der Waals surface area contributed by atoms with Crippen molar-refractivity contribution in [2.75, 3.05) is 45.9 Å². The lowest BCUT2D eigenvalue weighted by Crippen LogP contribution is -2.51. The number of ether oxygens (including phenoxy) is 1. The third kappa shape index (κ3) is 5.10. The van der Waals surface area contributed by atoms with Crippen LogP contribution in [0.4, 0.5) is 0 Å². The van der Waals surface area contributed by atoms with Crippen LogP contribution in [0.3, 0.4) is 0 Å². The Labute approximate surface area is 173 Å². The normalized spacial score (nSPS) is 21.3. The number of hydrogen-bond acceptors (Lipinski definition) is 4. The van der Waals surface area contributed by atoms with Gasteiger partial charge in [0.2, 0.25) is 11.8 Å². The van der Waals surface area contributed by atoms with Crippen LogP contribution < -0.4 is 4.74 Å². The Hall–Kier alpha value is -2.08. The molecule has 2 aliphatic heterocycles. The minimum atomic E-state index is 0.0934. The molecule has 6 heteroatoms. The zero-order chi connectivity index (χ0) is 20.2. The molecule has 0 unspecified atom stereocenters. The van der Waals surface area contributed by atoms with Crippen molar-refractivity contribution in [1.29, 1.82) is 0 Å². The number of carbonyl (C=O) groups is 2. The van der Waals surface area contributed by atoms with Gasteiger partial charge in [0.1, 0.15) is 5.75 Å². The molecule has 1 aliphatic carbocycles. The molecule has 1 aromatic rings. The van der Waals surface area contributed by atoms with Gasteiger partial charge in [-0.1, -0.05) is 12.1 Å². The fraction of sp³-hybridized carbons (Fsp3) is 0.652. The molecule has 1 saturated carbocycles. The average molecular weight is 400 g/mol. The Morgan fingerprint density at radius 1 is 0.828 bits per heavy atom. The second-order valence-electron chi connectivity index (χ2n) is 8.55. The predicted molar refractivity (Wildman–Crippen MR) is 111 cm³/mol. The lowest BCUT2D eigenvalue weighted by Gasteiger charge is -2.38. The van der Waals surface area contributed by atoms with E-state index in [9.17, 15) is 9.59 Å². The molecule has 2 saturated heterocycles. The Bertz CT molecular complexity index is 701. The van der Waals surface area contributed by atoms with Crippen LogP contribution in [0, 0.1) is 11.8 Å². The molecule has 0 N–H and O–H groups in total. The van der Waals surface area contributed by atoms with Gasteiger partial charge in [-0.3, -0.25) is 14.5 Å². The van der Waals surface area contributed by atoms with E-state index in [1.807, 2.05) is 28.9 Å². The van der Waals surface area contributed by atoms with Gasteiger partial charge in [0.05, 0.1) is 6.61 Å². The van der Waals surface area contributed by atoms with Crippen molar-refractivity contribution in [3.8, 4) is 5.75 Å². The summed E-state index contributed by atoms with van der Waals surface area (Å²) in [5.41, 5.74) is 1.28. The van der Waals surface area contributed by atoms with Gasteiger partial charge in [0.25, 0.3) is 0 Å². The average Bonchev–Trinajstić information content (AvgIpc) is 3.60. The third-order valence-electron chi connectivity index (χ3n) is 6.41. The van der Waals surface area contributed by atoms with Crippen molar-refractivity contribution >= 4 is 11.8 Å². The van der Waals surface area contributed by atoms with E-state index in [2.05, 4.69) is 17.0 Å². The SMILES string of the molecule is CCOc1ccc(CN2CCN(C(=O)C3CCN(C(=O)C4CC4)CC3)CC2)cc1. The Morgan fingerprint density at radius 2 is 1.38 bits per heavy atom. The minimum absolute atomic E-state index is 0.0934. The summed E-state index contributed by atoms with van der Waals surface area (Å²) in [7, 11) is 0. The Morgan fingerprint density at radius 3 is 1.93 bits per heavy atom. The van der Waals surface area contributed by atoms with Crippen molar-refractivity contribution in [1.82, 2.24) is 14.7 Å². The van der Waals surface area contributed by atoms with Gasteiger partial charge in [-0.2, -0.15) is 0 Å². The lowest BCUT2D eigenvalue weighted by molar-refractivity contribution is -0.142. The first-order valence-electron chi connectivity index (χ1n) is 11.2. The molecule has 0 aromatic heterocycles. The minimum Gasteiger partial charge on any atom is -0.494 e. The molecule has 1 aromatic carbocycles. The molecule has 0 atom stereocenters. The Balaban J connectivity index is 1.20. The van der Waals surface area contributed by atoms with Crippen LogP contribution in [0.5, 0.6) is 5.75 Å². The number of carbonyl (C=O) groups excluding carboxylic acids is 2.